The molecule has 5 nitrogen and oxygen atoms in total. The summed E-state index contributed by atoms with van der Waals surface area (Å²) in [6.45, 7) is 4.39. The van der Waals surface area contributed by atoms with E-state index in [-0.39, 0.29) is 17.1 Å². The minimum absolute atomic E-state index is 0.0887. The molecular weight excluding hydrogens is 385 g/mol. The Bertz CT molecular complexity index is 1060. The van der Waals surface area contributed by atoms with Crippen molar-refractivity contribution in [2.45, 2.75) is 13.5 Å². The van der Waals surface area contributed by atoms with Gasteiger partial charge >= 0.3 is 0 Å². The molecule has 0 saturated carbocycles. The number of halogens is 2. The van der Waals surface area contributed by atoms with Gasteiger partial charge in [-0.25, -0.2) is 0 Å². The fourth-order valence-electron chi connectivity index (χ4n) is 2.71. The van der Waals surface area contributed by atoms with Crippen LogP contribution >= 0.6 is 11.6 Å². The van der Waals surface area contributed by atoms with Gasteiger partial charge in [0.1, 0.15) is 22.3 Å². The summed E-state index contributed by atoms with van der Waals surface area (Å²) >= 11 is 6.06. The first-order valence-electron chi connectivity index (χ1n) is 8.31. The molecule has 2 aromatic carbocycles. The molecule has 0 fully saturated rings. The van der Waals surface area contributed by atoms with Crippen molar-refractivity contribution in [1.82, 2.24) is 4.98 Å². The molecule has 0 amide bonds. The van der Waals surface area contributed by atoms with Crippen molar-refractivity contribution in [2.24, 2.45) is 0 Å². The number of ether oxygens (including phenoxy) is 2. The van der Waals surface area contributed by atoms with Crippen LogP contribution in [0.2, 0.25) is 5.02 Å². The second-order valence-corrected chi connectivity index (χ2v) is 6.34. The molecule has 3 aromatic rings. The maximum atomic E-state index is 12.6. The minimum atomic E-state index is -0.891. The predicted octanol–water partition coefficient (Wildman–Crippen LogP) is 5.11. The Labute approximate surface area is 165 Å². The van der Waals surface area contributed by atoms with Crippen molar-refractivity contribution >= 4 is 11.6 Å². The molecule has 1 aromatic heterocycles. The number of H-pyrrole nitrogens is 1. The van der Waals surface area contributed by atoms with Gasteiger partial charge < -0.3 is 19.6 Å². The quantitative estimate of drug-likeness (QED) is 0.563. The lowest BCUT2D eigenvalue weighted by Crippen LogP contribution is -2.13. The van der Waals surface area contributed by atoms with Crippen LogP contribution in [0.3, 0.4) is 0 Å². The number of aromatic nitrogens is 1. The van der Waals surface area contributed by atoms with Crippen molar-refractivity contribution in [1.29, 1.82) is 0 Å². The second kappa shape index (κ2) is 8.29. The Kier molecular flexibility index (Phi) is 5.82. The third-order valence-electron chi connectivity index (χ3n) is 3.98. The van der Waals surface area contributed by atoms with Crippen LogP contribution in [0.15, 0.2) is 65.9 Å². The predicted molar refractivity (Wildman–Crippen MR) is 106 cm³/mol. The zero-order valence-electron chi connectivity index (χ0n) is 15.0. The van der Waals surface area contributed by atoms with Gasteiger partial charge in [-0.2, -0.15) is 4.39 Å². The van der Waals surface area contributed by atoms with Gasteiger partial charge in [-0.15, -0.1) is 0 Å². The molecular formula is C21H17ClFNO4. The number of aliphatic hydroxyl groups excluding tert-OH is 1. The Balaban J connectivity index is 1.84. The van der Waals surface area contributed by atoms with Crippen LogP contribution in [-0.4, -0.2) is 10.1 Å². The zero-order valence-corrected chi connectivity index (χ0v) is 15.7. The molecule has 0 atom stereocenters. The first-order chi connectivity index (χ1) is 13.4. The number of nitrogens with one attached hydrogen (secondary N) is 1. The molecule has 3 rings (SSSR count). The topological polar surface area (TPSA) is 71.5 Å². The normalized spacial score (nSPS) is 10.6. The van der Waals surface area contributed by atoms with E-state index >= 15 is 0 Å². The van der Waals surface area contributed by atoms with Crippen molar-refractivity contribution < 1.29 is 19.0 Å². The van der Waals surface area contributed by atoms with Crippen LogP contribution in [-0.2, 0) is 6.61 Å². The lowest BCUT2D eigenvalue weighted by molar-refractivity contribution is 0.277. The van der Waals surface area contributed by atoms with E-state index in [0.717, 1.165) is 0 Å². The largest absolute Gasteiger partial charge is 0.457 e. The van der Waals surface area contributed by atoms with Gasteiger partial charge in [-0.1, -0.05) is 23.7 Å². The number of aryl methyl sites for hydroxylation is 1. The number of benzene rings is 2. The van der Waals surface area contributed by atoms with Gasteiger partial charge in [0.05, 0.1) is 17.9 Å². The van der Waals surface area contributed by atoms with Crippen LogP contribution in [0.1, 0.15) is 11.4 Å². The first kappa shape index (κ1) is 19.7. The molecule has 0 aliphatic heterocycles. The molecule has 0 saturated heterocycles. The summed E-state index contributed by atoms with van der Waals surface area (Å²) in [5, 5.41) is 9.66. The molecule has 7 heteroatoms. The van der Waals surface area contributed by atoms with Gasteiger partial charge in [0.25, 0.3) is 6.01 Å². The van der Waals surface area contributed by atoms with E-state index in [1.54, 1.807) is 55.5 Å². The van der Waals surface area contributed by atoms with Gasteiger partial charge in [-0.3, -0.25) is 4.79 Å². The summed E-state index contributed by atoms with van der Waals surface area (Å²) in [6, 6.07) is 12.3. The van der Waals surface area contributed by atoms with Crippen molar-refractivity contribution in [2.75, 3.05) is 0 Å². The van der Waals surface area contributed by atoms with Crippen LogP contribution in [0, 0.1) is 6.92 Å². The number of hydrogen-bond acceptors (Lipinski definition) is 4. The van der Waals surface area contributed by atoms with E-state index in [4.69, 9.17) is 21.1 Å². The van der Waals surface area contributed by atoms with Gasteiger partial charge in [0.15, 0.2) is 0 Å². The summed E-state index contributed by atoms with van der Waals surface area (Å²) in [5.41, 5.74) is 1.47. The third-order valence-corrected chi connectivity index (χ3v) is 4.44. The molecule has 2 N–H and O–H groups in total. The van der Waals surface area contributed by atoms with E-state index in [1.165, 1.54) is 0 Å². The number of hydrogen-bond donors (Lipinski definition) is 2. The highest BCUT2D eigenvalue weighted by Gasteiger charge is 2.15. The standard InChI is InChI=1S/C21H17ClFNO4/c1-12-20(22)21(26)19(18(11-25)24-12)14-3-5-16(6-4-14)28-17-9-7-15(8-10-17)27-13(2)23/h3-10,25H,2,11H2,1H3,(H,24,26). The Morgan fingerprint density at radius 2 is 1.64 bits per heavy atom. The molecule has 28 heavy (non-hydrogen) atoms. The fraction of sp³-hybridized carbons (Fsp3) is 0.0952. The fourth-order valence-corrected chi connectivity index (χ4v) is 2.86. The molecule has 0 radical (unpaired) electrons. The van der Waals surface area contributed by atoms with E-state index in [0.29, 0.717) is 39.8 Å². The average molecular weight is 402 g/mol. The number of pyridine rings is 1. The first-order valence-corrected chi connectivity index (χ1v) is 8.69. The summed E-state index contributed by atoms with van der Waals surface area (Å²) in [7, 11) is 0. The Morgan fingerprint density at radius 1 is 1.11 bits per heavy atom. The number of rotatable bonds is 6. The van der Waals surface area contributed by atoms with E-state index in [9.17, 15) is 14.3 Å². The van der Waals surface area contributed by atoms with Crippen molar-refractivity contribution in [3.63, 3.8) is 0 Å². The van der Waals surface area contributed by atoms with E-state index in [1.807, 2.05) is 0 Å². The lowest BCUT2D eigenvalue weighted by Gasteiger charge is -2.11. The maximum Gasteiger partial charge on any atom is 0.270 e. The van der Waals surface area contributed by atoms with Crippen LogP contribution in [0.5, 0.6) is 17.2 Å². The molecule has 0 spiro atoms. The summed E-state index contributed by atoms with van der Waals surface area (Å²) in [4.78, 5) is 15.5. The highest BCUT2D eigenvalue weighted by molar-refractivity contribution is 6.31. The number of aromatic amines is 1. The maximum absolute atomic E-state index is 12.6. The molecule has 0 bridgehead atoms. The zero-order chi connectivity index (χ0) is 20.3. The van der Waals surface area contributed by atoms with E-state index < -0.39 is 6.01 Å². The average Bonchev–Trinajstić information content (AvgIpc) is 2.68. The third kappa shape index (κ3) is 4.24. The second-order valence-electron chi connectivity index (χ2n) is 5.96. The monoisotopic (exact) mass is 401 g/mol. The lowest BCUT2D eigenvalue weighted by atomic mass is 10.0. The molecule has 1 heterocycles. The Hall–Kier alpha value is -3.09. The molecule has 0 unspecified atom stereocenters. The van der Waals surface area contributed by atoms with Gasteiger partial charge in [-0.05, 0) is 55.5 Å². The highest BCUT2D eigenvalue weighted by atomic mass is 35.5. The Morgan fingerprint density at radius 3 is 2.18 bits per heavy atom. The van der Waals surface area contributed by atoms with Gasteiger partial charge in [0.2, 0.25) is 5.43 Å². The number of aliphatic hydroxyl groups is 1. The van der Waals surface area contributed by atoms with Gasteiger partial charge in [0, 0.05) is 5.69 Å². The summed E-state index contributed by atoms with van der Waals surface area (Å²) < 4.78 is 23.1. The van der Waals surface area contributed by atoms with Crippen LogP contribution in [0.25, 0.3) is 11.1 Å². The van der Waals surface area contributed by atoms with Crippen molar-refractivity contribution in [3.05, 3.63) is 87.8 Å². The highest BCUT2D eigenvalue weighted by Crippen LogP contribution is 2.28. The molecule has 0 aliphatic carbocycles. The SMILES string of the molecule is C=C(F)Oc1ccc(Oc2ccc(-c3c(CO)[nH]c(C)c(Cl)c3=O)cc2)cc1. The minimum Gasteiger partial charge on any atom is -0.457 e. The van der Waals surface area contributed by atoms with Crippen LogP contribution < -0.4 is 14.9 Å². The summed E-state index contributed by atoms with van der Waals surface area (Å²) in [5.74, 6) is 1.37. The molecule has 144 valence electrons. The summed E-state index contributed by atoms with van der Waals surface area (Å²) in [6.07, 6.45) is 0. The smallest absolute Gasteiger partial charge is 0.270 e. The van der Waals surface area contributed by atoms with Crippen LogP contribution in [0.4, 0.5) is 4.39 Å². The van der Waals surface area contributed by atoms with Crippen molar-refractivity contribution in [3.8, 4) is 28.4 Å². The molecule has 0 aliphatic rings. The van der Waals surface area contributed by atoms with E-state index in [2.05, 4.69) is 11.6 Å².